The van der Waals surface area contributed by atoms with E-state index >= 15 is 0 Å². The van der Waals surface area contributed by atoms with E-state index in [2.05, 4.69) is 11.6 Å². The molecule has 58 valence electrons. The molecule has 0 fully saturated rings. The molecule has 0 aliphatic carbocycles. The van der Waals surface area contributed by atoms with Gasteiger partial charge in [0.25, 0.3) is 0 Å². The van der Waals surface area contributed by atoms with Crippen molar-refractivity contribution >= 4 is 5.57 Å². The largest absolute Gasteiger partial charge is 0.326 e. The summed E-state index contributed by atoms with van der Waals surface area (Å²) in [6, 6.07) is 3.94. The van der Waals surface area contributed by atoms with Crippen LogP contribution >= 0.6 is 0 Å². The summed E-state index contributed by atoms with van der Waals surface area (Å²) in [5.74, 6) is 0. The molecule has 0 aliphatic heterocycles. The van der Waals surface area contributed by atoms with Crippen LogP contribution in [-0.2, 0) is 0 Å². The van der Waals surface area contributed by atoms with Gasteiger partial charge in [0.05, 0.1) is 0 Å². The molecule has 0 aliphatic rings. The summed E-state index contributed by atoms with van der Waals surface area (Å²) in [5.41, 5.74) is 8.38. The molecule has 0 saturated heterocycles. The summed E-state index contributed by atoms with van der Waals surface area (Å²) in [4.78, 5) is 4.13. The third-order valence-electron chi connectivity index (χ3n) is 1.57. The highest BCUT2D eigenvalue weighted by Crippen LogP contribution is 2.08. The molecule has 0 bridgehead atoms. The minimum Gasteiger partial charge on any atom is -0.326 e. The minimum absolute atomic E-state index is 0.491. The third-order valence-corrected chi connectivity index (χ3v) is 1.57. The lowest BCUT2D eigenvalue weighted by Gasteiger charge is -2.00. The van der Waals surface area contributed by atoms with Crippen molar-refractivity contribution < 1.29 is 0 Å². The van der Waals surface area contributed by atoms with Crippen molar-refractivity contribution in [3.63, 3.8) is 0 Å². The summed E-state index contributed by atoms with van der Waals surface area (Å²) in [5, 5.41) is 0. The van der Waals surface area contributed by atoms with Gasteiger partial charge in [-0.3, -0.25) is 4.98 Å². The molecule has 11 heavy (non-hydrogen) atoms. The highest BCUT2D eigenvalue weighted by Gasteiger charge is 1.94. The molecule has 1 aromatic rings. The molecule has 0 saturated carbocycles. The molecule has 1 aromatic heterocycles. The quantitative estimate of drug-likeness (QED) is 0.687. The van der Waals surface area contributed by atoms with Crippen LogP contribution in [0.5, 0.6) is 0 Å². The summed E-state index contributed by atoms with van der Waals surface area (Å²) in [6.45, 7) is 6.25. The third kappa shape index (κ3) is 1.88. The van der Waals surface area contributed by atoms with Crippen LogP contribution in [0.15, 0.2) is 24.9 Å². The van der Waals surface area contributed by atoms with E-state index in [-0.39, 0.29) is 0 Å². The van der Waals surface area contributed by atoms with Crippen molar-refractivity contribution in [2.24, 2.45) is 5.73 Å². The second-order valence-corrected chi connectivity index (χ2v) is 2.50. The number of pyridine rings is 1. The van der Waals surface area contributed by atoms with E-state index in [9.17, 15) is 0 Å². The fourth-order valence-electron chi connectivity index (χ4n) is 0.795. The van der Waals surface area contributed by atoms with Gasteiger partial charge in [-0.05, 0) is 24.1 Å². The normalized spacial score (nSPS) is 9.64. The molecule has 0 aromatic carbocycles. The lowest BCUT2D eigenvalue weighted by atomic mass is 10.1. The highest BCUT2D eigenvalue weighted by molar-refractivity contribution is 5.63. The van der Waals surface area contributed by atoms with Crippen LogP contribution in [0.1, 0.15) is 11.3 Å². The van der Waals surface area contributed by atoms with Crippen molar-refractivity contribution in [1.29, 1.82) is 0 Å². The number of aryl methyl sites for hydroxylation is 1. The van der Waals surface area contributed by atoms with Crippen molar-refractivity contribution in [2.45, 2.75) is 6.92 Å². The van der Waals surface area contributed by atoms with Crippen LogP contribution in [0.4, 0.5) is 0 Å². The maximum absolute atomic E-state index is 5.41. The first-order valence-electron chi connectivity index (χ1n) is 3.55. The zero-order valence-corrected chi connectivity index (χ0v) is 6.67. The molecular formula is C9H12N2. The number of nitrogens with zero attached hydrogens (tertiary/aromatic N) is 1. The van der Waals surface area contributed by atoms with Gasteiger partial charge in [0.15, 0.2) is 0 Å². The average Bonchev–Trinajstić information content (AvgIpc) is 2.05. The lowest BCUT2D eigenvalue weighted by molar-refractivity contribution is 1.18. The van der Waals surface area contributed by atoms with Gasteiger partial charge in [-0.2, -0.15) is 0 Å². The lowest BCUT2D eigenvalue weighted by Crippen LogP contribution is -2.01. The Morgan fingerprint density at radius 3 is 2.82 bits per heavy atom. The molecule has 0 spiro atoms. The van der Waals surface area contributed by atoms with Gasteiger partial charge < -0.3 is 5.73 Å². The van der Waals surface area contributed by atoms with E-state index in [1.807, 2.05) is 19.1 Å². The van der Waals surface area contributed by atoms with Gasteiger partial charge in [0.1, 0.15) is 0 Å². The van der Waals surface area contributed by atoms with E-state index in [0.717, 1.165) is 16.8 Å². The van der Waals surface area contributed by atoms with E-state index in [1.165, 1.54) is 0 Å². The minimum atomic E-state index is 0.491. The van der Waals surface area contributed by atoms with Crippen molar-refractivity contribution in [3.8, 4) is 0 Å². The number of hydrogen-bond donors (Lipinski definition) is 1. The Balaban J connectivity index is 2.90. The van der Waals surface area contributed by atoms with Crippen LogP contribution in [0.2, 0.25) is 0 Å². The SMILES string of the molecule is C=C(CN)c1ccc(C)nc1. The number of rotatable bonds is 2. The Bertz CT molecular complexity index is 249. The monoisotopic (exact) mass is 148 g/mol. The van der Waals surface area contributed by atoms with Crippen LogP contribution in [0.3, 0.4) is 0 Å². The standard InChI is InChI=1S/C9H12N2/c1-7(5-10)9-4-3-8(2)11-6-9/h3-4,6H,1,5,10H2,2H3. The van der Waals surface area contributed by atoms with Crippen LogP contribution in [0, 0.1) is 6.92 Å². The maximum Gasteiger partial charge on any atom is 0.0373 e. The summed E-state index contributed by atoms with van der Waals surface area (Å²) in [7, 11) is 0. The second kappa shape index (κ2) is 3.30. The molecule has 2 heteroatoms. The zero-order chi connectivity index (χ0) is 8.27. The van der Waals surface area contributed by atoms with E-state index in [1.54, 1.807) is 6.20 Å². The van der Waals surface area contributed by atoms with Crippen molar-refractivity contribution in [1.82, 2.24) is 4.98 Å². The molecule has 2 nitrogen and oxygen atoms in total. The predicted octanol–water partition coefficient (Wildman–Crippen LogP) is 1.36. The number of aromatic nitrogens is 1. The summed E-state index contributed by atoms with van der Waals surface area (Å²) in [6.07, 6.45) is 1.80. The molecule has 1 rings (SSSR count). The van der Waals surface area contributed by atoms with Crippen LogP contribution in [-0.4, -0.2) is 11.5 Å². The van der Waals surface area contributed by atoms with Gasteiger partial charge in [-0.1, -0.05) is 12.6 Å². The predicted molar refractivity (Wildman–Crippen MR) is 47.1 cm³/mol. The molecule has 0 amide bonds. The van der Waals surface area contributed by atoms with E-state index in [0.29, 0.717) is 6.54 Å². The van der Waals surface area contributed by atoms with Gasteiger partial charge in [0, 0.05) is 18.4 Å². The molecule has 1 heterocycles. The first kappa shape index (κ1) is 7.95. The first-order valence-corrected chi connectivity index (χ1v) is 3.55. The summed E-state index contributed by atoms with van der Waals surface area (Å²) < 4.78 is 0. The van der Waals surface area contributed by atoms with Crippen LogP contribution in [0.25, 0.3) is 5.57 Å². The smallest absolute Gasteiger partial charge is 0.0373 e. The van der Waals surface area contributed by atoms with Crippen molar-refractivity contribution in [2.75, 3.05) is 6.54 Å². The van der Waals surface area contributed by atoms with Crippen molar-refractivity contribution in [3.05, 3.63) is 36.2 Å². The Hall–Kier alpha value is -1.15. The van der Waals surface area contributed by atoms with Gasteiger partial charge >= 0.3 is 0 Å². The molecule has 2 N–H and O–H groups in total. The Kier molecular flexibility index (Phi) is 2.39. The number of hydrogen-bond acceptors (Lipinski definition) is 2. The molecule has 0 unspecified atom stereocenters. The van der Waals surface area contributed by atoms with E-state index < -0.39 is 0 Å². The topological polar surface area (TPSA) is 38.9 Å². The Labute approximate surface area is 66.8 Å². The van der Waals surface area contributed by atoms with Gasteiger partial charge in [0.2, 0.25) is 0 Å². The molecular weight excluding hydrogens is 136 g/mol. The Morgan fingerprint density at radius 2 is 2.36 bits per heavy atom. The van der Waals surface area contributed by atoms with Gasteiger partial charge in [-0.15, -0.1) is 0 Å². The fraction of sp³-hybridized carbons (Fsp3) is 0.222. The van der Waals surface area contributed by atoms with E-state index in [4.69, 9.17) is 5.73 Å². The number of nitrogens with two attached hydrogens (primary N) is 1. The molecule has 0 radical (unpaired) electrons. The first-order chi connectivity index (χ1) is 5.24. The van der Waals surface area contributed by atoms with Gasteiger partial charge in [-0.25, -0.2) is 0 Å². The summed E-state index contributed by atoms with van der Waals surface area (Å²) >= 11 is 0. The maximum atomic E-state index is 5.41. The second-order valence-electron chi connectivity index (χ2n) is 2.50. The molecule has 0 atom stereocenters. The van der Waals surface area contributed by atoms with Crippen LogP contribution < -0.4 is 5.73 Å². The fourth-order valence-corrected chi connectivity index (χ4v) is 0.795. The average molecular weight is 148 g/mol. The zero-order valence-electron chi connectivity index (χ0n) is 6.67. The Morgan fingerprint density at radius 1 is 1.64 bits per heavy atom. The highest BCUT2D eigenvalue weighted by atomic mass is 14.7.